The van der Waals surface area contributed by atoms with Crippen LogP contribution in [0.3, 0.4) is 0 Å². The summed E-state index contributed by atoms with van der Waals surface area (Å²) in [6.07, 6.45) is 9.79. The molecule has 1 heterocycles. The first kappa shape index (κ1) is 15.6. The number of aromatic nitrogens is 2. The first-order valence-electron chi connectivity index (χ1n) is 8.30. The Balaban J connectivity index is 1.96. The SMILES string of the molecule is CCC(C)(CNC(C)C)Cc1ccn(C2CCCC2)n1. The number of hydrogen-bond donors (Lipinski definition) is 1. The van der Waals surface area contributed by atoms with Crippen molar-refractivity contribution in [3.63, 3.8) is 0 Å². The highest BCUT2D eigenvalue weighted by Crippen LogP contribution is 2.30. The zero-order chi connectivity index (χ0) is 14.6. The van der Waals surface area contributed by atoms with Crippen molar-refractivity contribution in [3.05, 3.63) is 18.0 Å². The van der Waals surface area contributed by atoms with Crippen LogP contribution in [-0.2, 0) is 6.42 Å². The van der Waals surface area contributed by atoms with Crippen molar-refractivity contribution in [2.45, 2.75) is 78.3 Å². The van der Waals surface area contributed by atoms with E-state index in [0.717, 1.165) is 13.0 Å². The molecule has 3 nitrogen and oxygen atoms in total. The minimum atomic E-state index is 0.305. The van der Waals surface area contributed by atoms with Crippen LogP contribution in [-0.4, -0.2) is 22.4 Å². The fraction of sp³-hybridized carbons (Fsp3) is 0.824. The number of nitrogens with zero attached hydrogens (tertiary/aromatic N) is 2. The van der Waals surface area contributed by atoms with Gasteiger partial charge in [0.05, 0.1) is 11.7 Å². The van der Waals surface area contributed by atoms with E-state index in [1.54, 1.807) is 0 Å². The molecule has 0 spiro atoms. The lowest BCUT2D eigenvalue weighted by Crippen LogP contribution is -2.36. The lowest BCUT2D eigenvalue weighted by atomic mass is 9.82. The van der Waals surface area contributed by atoms with Gasteiger partial charge in [0.15, 0.2) is 0 Å². The molecule has 2 rings (SSSR count). The number of rotatable bonds is 7. The number of hydrogen-bond acceptors (Lipinski definition) is 2. The van der Waals surface area contributed by atoms with E-state index in [9.17, 15) is 0 Å². The van der Waals surface area contributed by atoms with Crippen LogP contribution in [0.2, 0.25) is 0 Å². The summed E-state index contributed by atoms with van der Waals surface area (Å²) in [6.45, 7) is 10.2. The van der Waals surface area contributed by atoms with Crippen LogP contribution in [0.5, 0.6) is 0 Å². The van der Waals surface area contributed by atoms with E-state index in [-0.39, 0.29) is 0 Å². The quantitative estimate of drug-likeness (QED) is 0.817. The van der Waals surface area contributed by atoms with Gasteiger partial charge >= 0.3 is 0 Å². The summed E-state index contributed by atoms with van der Waals surface area (Å²) in [5, 5.41) is 8.43. The van der Waals surface area contributed by atoms with E-state index in [4.69, 9.17) is 5.10 Å². The molecule has 114 valence electrons. The van der Waals surface area contributed by atoms with Gasteiger partial charge in [0.1, 0.15) is 0 Å². The highest BCUT2D eigenvalue weighted by atomic mass is 15.3. The topological polar surface area (TPSA) is 29.9 Å². The largest absolute Gasteiger partial charge is 0.314 e. The standard InChI is InChI=1S/C17H31N3/c1-5-17(4,13-18-14(2)3)12-15-10-11-20(19-15)16-8-6-7-9-16/h10-11,14,16,18H,5-9,12-13H2,1-4H3. The predicted molar refractivity (Wildman–Crippen MR) is 85.0 cm³/mol. The van der Waals surface area contributed by atoms with E-state index in [1.807, 2.05) is 0 Å². The first-order valence-corrected chi connectivity index (χ1v) is 8.30. The van der Waals surface area contributed by atoms with Gasteiger partial charge in [-0.05, 0) is 37.2 Å². The van der Waals surface area contributed by atoms with Gasteiger partial charge in [0.25, 0.3) is 0 Å². The molecule has 0 amide bonds. The monoisotopic (exact) mass is 277 g/mol. The Morgan fingerprint density at radius 1 is 1.40 bits per heavy atom. The second-order valence-electron chi connectivity index (χ2n) is 7.10. The highest BCUT2D eigenvalue weighted by molar-refractivity contribution is 5.04. The van der Waals surface area contributed by atoms with Gasteiger partial charge in [0.2, 0.25) is 0 Å². The second-order valence-corrected chi connectivity index (χ2v) is 7.10. The van der Waals surface area contributed by atoms with Crippen molar-refractivity contribution >= 4 is 0 Å². The molecule has 0 radical (unpaired) electrons. The van der Waals surface area contributed by atoms with E-state index >= 15 is 0 Å². The van der Waals surface area contributed by atoms with Crippen LogP contribution in [0.1, 0.15) is 71.5 Å². The van der Waals surface area contributed by atoms with Crippen molar-refractivity contribution in [1.82, 2.24) is 15.1 Å². The van der Waals surface area contributed by atoms with Gasteiger partial charge in [-0.3, -0.25) is 4.68 Å². The minimum absolute atomic E-state index is 0.305. The highest BCUT2D eigenvalue weighted by Gasteiger charge is 2.25. The normalized spacial score (nSPS) is 19.6. The molecule has 1 aliphatic carbocycles. The Kier molecular flexibility index (Phi) is 5.25. The molecule has 1 saturated carbocycles. The van der Waals surface area contributed by atoms with Crippen molar-refractivity contribution in [2.24, 2.45) is 5.41 Å². The van der Waals surface area contributed by atoms with E-state index in [0.29, 0.717) is 17.5 Å². The number of nitrogens with one attached hydrogen (secondary N) is 1. The molecule has 0 saturated heterocycles. The summed E-state index contributed by atoms with van der Waals surface area (Å²) < 4.78 is 2.22. The van der Waals surface area contributed by atoms with Crippen molar-refractivity contribution in [3.8, 4) is 0 Å². The Morgan fingerprint density at radius 2 is 2.10 bits per heavy atom. The van der Waals surface area contributed by atoms with Crippen LogP contribution in [0.25, 0.3) is 0 Å². The summed E-state index contributed by atoms with van der Waals surface area (Å²) in [4.78, 5) is 0. The van der Waals surface area contributed by atoms with Crippen LogP contribution in [0.15, 0.2) is 12.3 Å². The zero-order valence-electron chi connectivity index (χ0n) is 13.7. The molecule has 20 heavy (non-hydrogen) atoms. The molecule has 1 N–H and O–H groups in total. The molecular formula is C17H31N3. The third-order valence-corrected chi connectivity index (χ3v) is 4.76. The molecule has 3 heteroatoms. The van der Waals surface area contributed by atoms with E-state index < -0.39 is 0 Å². The van der Waals surface area contributed by atoms with Crippen LogP contribution >= 0.6 is 0 Å². The van der Waals surface area contributed by atoms with Gasteiger partial charge in [-0.1, -0.05) is 40.5 Å². The smallest absolute Gasteiger partial charge is 0.0630 e. The van der Waals surface area contributed by atoms with Crippen LogP contribution in [0, 0.1) is 5.41 Å². The summed E-state index contributed by atoms with van der Waals surface area (Å²) in [6, 6.07) is 3.43. The van der Waals surface area contributed by atoms with Crippen LogP contribution in [0.4, 0.5) is 0 Å². The lowest BCUT2D eigenvalue weighted by molar-refractivity contribution is 0.277. The van der Waals surface area contributed by atoms with E-state index in [1.165, 1.54) is 37.8 Å². The van der Waals surface area contributed by atoms with Gasteiger partial charge in [0, 0.05) is 18.8 Å². The first-order chi connectivity index (χ1) is 9.52. The Labute approximate surface area is 124 Å². The summed E-state index contributed by atoms with van der Waals surface area (Å²) in [5.74, 6) is 0. The molecule has 1 aromatic rings. The Bertz CT molecular complexity index is 404. The minimum Gasteiger partial charge on any atom is -0.314 e. The lowest BCUT2D eigenvalue weighted by Gasteiger charge is -2.29. The maximum Gasteiger partial charge on any atom is 0.0630 e. The fourth-order valence-electron chi connectivity index (χ4n) is 3.04. The maximum absolute atomic E-state index is 4.84. The molecule has 0 aromatic carbocycles. The van der Waals surface area contributed by atoms with Crippen LogP contribution < -0.4 is 5.32 Å². The summed E-state index contributed by atoms with van der Waals surface area (Å²) >= 11 is 0. The molecule has 1 aromatic heterocycles. The molecule has 0 aliphatic heterocycles. The molecular weight excluding hydrogens is 246 g/mol. The Hall–Kier alpha value is -0.830. The third-order valence-electron chi connectivity index (χ3n) is 4.76. The molecule has 1 aliphatic rings. The summed E-state index contributed by atoms with van der Waals surface area (Å²) in [5.41, 5.74) is 1.56. The second kappa shape index (κ2) is 6.75. The molecule has 1 unspecified atom stereocenters. The van der Waals surface area contributed by atoms with Crippen molar-refractivity contribution < 1.29 is 0 Å². The Morgan fingerprint density at radius 3 is 2.70 bits per heavy atom. The van der Waals surface area contributed by atoms with Gasteiger partial charge in [-0.15, -0.1) is 0 Å². The van der Waals surface area contributed by atoms with Crippen molar-refractivity contribution in [1.29, 1.82) is 0 Å². The fourth-order valence-corrected chi connectivity index (χ4v) is 3.04. The van der Waals surface area contributed by atoms with Gasteiger partial charge in [-0.25, -0.2) is 0 Å². The predicted octanol–water partition coefficient (Wildman–Crippen LogP) is 3.96. The van der Waals surface area contributed by atoms with Crippen molar-refractivity contribution in [2.75, 3.05) is 6.54 Å². The molecule has 0 bridgehead atoms. The van der Waals surface area contributed by atoms with Gasteiger partial charge < -0.3 is 5.32 Å². The average molecular weight is 277 g/mol. The average Bonchev–Trinajstić information content (AvgIpc) is 3.06. The molecule has 1 atom stereocenters. The summed E-state index contributed by atoms with van der Waals surface area (Å²) in [7, 11) is 0. The molecule has 1 fully saturated rings. The maximum atomic E-state index is 4.84. The zero-order valence-corrected chi connectivity index (χ0v) is 13.7. The third kappa shape index (κ3) is 4.08. The van der Waals surface area contributed by atoms with E-state index in [2.05, 4.69) is 50.0 Å². The van der Waals surface area contributed by atoms with Gasteiger partial charge in [-0.2, -0.15) is 5.10 Å².